The first-order chi connectivity index (χ1) is 20.8. The minimum Gasteiger partial charge on any atom is -0.424 e. The highest BCUT2D eigenvalue weighted by Crippen LogP contribution is 2.28. The molecule has 3 aromatic heterocycles. The maximum absolute atomic E-state index is 13.6. The summed E-state index contributed by atoms with van der Waals surface area (Å²) in [5, 5.41) is 10.5. The summed E-state index contributed by atoms with van der Waals surface area (Å²) in [4.78, 5) is 60.4. The number of nitrogens with one attached hydrogen (secondary N) is 2. The highest BCUT2D eigenvalue weighted by atomic mass is 16.7. The number of anilines is 2. The van der Waals surface area contributed by atoms with Gasteiger partial charge >= 0.3 is 12.1 Å². The molecule has 13 nitrogen and oxygen atoms in total. The van der Waals surface area contributed by atoms with Gasteiger partial charge in [0.15, 0.2) is 5.82 Å². The van der Waals surface area contributed by atoms with E-state index in [1.54, 1.807) is 19.1 Å². The van der Waals surface area contributed by atoms with Crippen LogP contribution in [0.1, 0.15) is 68.4 Å². The van der Waals surface area contributed by atoms with E-state index < -0.39 is 24.8 Å². The second-order valence-electron chi connectivity index (χ2n) is 10.1. The van der Waals surface area contributed by atoms with E-state index in [2.05, 4.69) is 25.7 Å². The van der Waals surface area contributed by atoms with Crippen molar-refractivity contribution in [2.75, 3.05) is 18.7 Å². The monoisotopic (exact) mass is 585 g/mol. The van der Waals surface area contributed by atoms with Crippen LogP contribution in [-0.2, 0) is 9.47 Å². The number of esters is 1. The number of hydrogen-bond acceptors (Lipinski definition) is 10. The molecule has 3 heterocycles. The van der Waals surface area contributed by atoms with Gasteiger partial charge in [0.1, 0.15) is 11.8 Å². The smallest absolute Gasteiger partial charge is 0.419 e. The SMILES string of the molecule is CCCN(C(=O)OCOC(=O)c1ccncc1)C(=O)c1cn2ncnc(Nc3cc(C(=O)NC4CC4)ccc3C)c2c1C. The van der Waals surface area contributed by atoms with Crippen molar-refractivity contribution in [1.29, 1.82) is 0 Å². The number of rotatable bonds is 10. The van der Waals surface area contributed by atoms with E-state index in [9.17, 15) is 19.2 Å². The Morgan fingerprint density at radius 1 is 1.05 bits per heavy atom. The number of imide groups is 1. The lowest BCUT2D eigenvalue weighted by molar-refractivity contribution is -0.0105. The van der Waals surface area contributed by atoms with Crippen LogP contribution in [0.15, 0.2) is 55.2 Å². The fourth-order valence-corrected chi connectivity index (χ4v) is 4.42. The standard InChI is InChI=1S/C30H31N7O6/c1-4-13-36(30(41)43-17-42-29(40)20-9-11-31-12-10-20)28(39)23-15-37-25(19(23)3)26(32-16-33-37)35-24-14-21(6-5-18(24)2)27(38)34-22-7-8-22/h5-6,9-12,14-16,22H,4,7-8,13,17H2,1-3H3,(H,34,38)(H,32,33,35). The van der Waals surface area contributed by atoms with Crippen molar-refractivity contribution < 1.29 is 28.7 Å². The first kappa shape index (κ1) is 29.2. The van der Waals surface area contributed by atoms with Crippen molar-refractivity contribution in [3.63, 3.8) is 0 Å². The highest BCUT2D eigenvalue weighted by molar-refractivity contribution is 6.06. The van der Waals surface area contributed by atoms with Gasteiger partial charge in [-0.15, -0.1) is 0 Å². The summed E-state index contributed by atoms with van der Waals surface area (Å²) < 4.78 is 11.6. The number of benzene rings is 1. The molecule has 1 aliphatic carbocycles. The molecule has 43 heavy (non-hydrogen) atoms. The zero-order valence-corrected chi connectivity index (χ0v) is 24.0. The summed E-state index contributed by atoms with van der Waals surface area (Å²) in [6.07, 6.45) is 7.24. The van der Waals surface area contributed by atoms with Gasteiger partial charge < -0.3 is 20.1 Å². The lowest BCUT2D eigenvalue weighted by Gasteiger charge is -2.19. The highest BCUT2D eigenvalue weighted by Gasteiger charge is 2.28. The molecule has 1 saturated carbocycles. The van der Waals surface area contributed by atoms with Crippen molar-refractivity contribution in [2.45, 2.75) is 46.1 Å². The van der Waals surface area contributed by atoms with Crippen molar-refractivity contribution in [3.05, 3.63) is 83.1 Å². The van der Waals surface area contributed by atoms with Crippen LogP contribution in [0.25, 0.3) is 5.52 Å². The van der Waals surface area contributed by atoms with Gasteiger partial charge in [-0.05, 0) is 68.5 Å². The second-order valence-corrected chi connectivity index (χ2v) is 10.1. The molecule has 0 radical (unpaired) electrons. The fraction of sp³-hybridized carbons (Fsp3) is 0.300. The van der Waals surface area contributed by atoms with E-state index in [4.69, 9.17) is 9.47 Å². The number of aryl methyl sites for hydroxylation is 2. The Kier molecular flexibility index (Phi) is 8.60. The van der Waals surface area contributed by atoms with E-state index >= 15 is 0 Å². The molecule has 0 unspecified atom stereocenters. The molecule has 0 saturated heterocycles. The lowest BCUT2D eigenvalue weighted by atomic mass is 10.1. The van der Waals surface area contributed by atoms with Gasteiger partial charge in [-0.25, -0.2) is 24.0 Å². The average Bonchev–Trinajstić information content (AvgIpc) is 3.76. The van der Waals surface area contributed by atoms with Gasteiger partial charge in [-0.2, -0.15) is 5.10 Å². The van der Waals surface area contributed by atoms with E-state index in [-0.39, 0.29) is 29.6 Å². The normalized spacial score (nSPS) is 12.4. The Bertz CT molecular complexity index is 1680. The molecule has 4 aromatic rings. The summed E-state index contributed by atoms with van der Waals surface area (Å²) in [5.74, 6) is -1.01. The van der Waals surface area contributed by atoms with Crippen LogP contribution in [0.2, 0.25) is 0 Å². The molecule has 0 aliphatic heterocycles. The molecular weight excluding hydrogens is 554 g/mol. The molecular formula is C30H31N7O6. The average molecular weight is 586 g/mol. The van der Waals surface area contributed by atoms with Crippen molar-refractivity contribution in [2.24, 2.45) is 0 Å². The zero-order chi connectivity index (χ0) is 30.5. The number of nitrogens with zero attached hydrogens (tertiary/aromatic N) is 5. The molecule has 0 spiro atoms. The van der Waals surface area contributed by atoms with Crippen LogP contribution in [0, 0.1) is 13.8 Å². The lowest BCUT2D eigenvalue weighted by Crippen LogP contribution is -2.38. The third-order valence-corrected chi connectivity index (χ3v) is 6.92. The number of ether oxygens (including phenoxy) is 2. The number of fused-ring (bicyclic) bond motifs is 1. The molecule has 1 aromatic carbocycles. The first-order valence-electron chi connectivity index (χ1n) is 13.8. The maximum Gasteiger partial charge on any atom is 0.419 e. The molecule has 13 heteroatoms. The van der Waals surface area contributed by atoms with E-state index in [0.29, 0.717) is 34.6 Å². The van der Waals surface area contributed by atoms with Crippen LogP contribution in [0.4, 0.5) is 16.3 Å². The summed E-state index contributed by atoms with van der Waals surface area (Å²) in [6, 6.07) is 8.55. The molecule has 0 atom stereocenters. The quantitative estimate of drug-likeness (QED) is 0.204. The maximum atomic E-state index is 13.6. The molecule has 1 aliphatic rings. The number of pyridine rings is 1. The number of carbonyl (C=O) groups is 4. The second kappa shape index (κ2) is 12.7. The van der Waals surface area contributed by atoms with Crippen molar-refractivity contribution in [1.82, 2.24) is 29.8 Å². The number of carbonyl (C=O) groups excluding carboxylic acids is 4. The van der Waals surface area contributed by atoms with Crippen LogP contribution in [-0.4, -0.2) is 67.7 Å². The Balaban J connectivity index is 1.34. The topological polar surface area (TPSA) is 157 Å². The van der Waals surface area contributed by atoms with Crippen LogP contribution in [0.5, 0.6) is 0 Å². The van der Waals surface area contributed by atoms with Crippen molar-refractivity contribution in [3.8, 4) is 0 Å². The summed E-state index contributed by atoms with van der Waals surface area (Å²) in [5.41, 5.74) is 3.61. The predicted molar refractivity (Wildman–Crippen MR) is 155 cm³/mol. The molecule has 1 fully saturated rings. The number of hydrogen-bond donors (Lipinski definition) is 2. The Morgan fingerprint density at radius 3 is 2.53 bits per heavy atom. The van der Waals surface area contributed by atoms with Crippen LogP contribution >= 0.6 is 0 Å². The molecule has 5 rings (SSSR count). The summed E-state index contributed by atoms with van der Waals surface area (Å²) in [7, 11) is 0. The number of amides is 3. The molecule has 2 N–H and O–H groups in total. The fourth-order valence-electron chi connectivity index (χ4n) is 4.42. The molecule has 222 valence electrons. The van der Waals surface area contributed by atoms with Gasteiger partial charge in [0.25, 0.3) is 11.8 Å². The zero-order valence-electron chi connectivity index (χ0n) is 24.0. The third kappa shape index (κ3) is 6.61. The largest absolute Gasteiger partial charge is 0.424 e. The summed E-state index contributed by atoms with van der Waals surface area (Å²) in [6.45, 7) is 4.87. The van der Waals surface area contributed by atoms with Gasteiger partial charge in [0, 0.05) is 42.4 Å². The summed E-state index contributed by atoms with van der Waals surface area (Å²) >= 11 is 0. The Labute approximate surface area is 247 Å². The Hall–Kier alpha value is -5.33. The van der Waals surface area contributed by atoms with E-state index in [1.807, 2.05) is 19.9 Å². The van der Waals surface area contributed by atoms with Gasteiger partial charge in [-0.1, -0.05) is 13.0 Å². The predicted octanol–water partition coefficient (Wildman–Crippen LogP) is 4.18. The first-order valence-corrected chi connectivity index (χ1v) is 13.8. The minimum atomic E-state index is -0.953. The molecule has 3 amide bonds. The van der Waals surface area contributed by atoms with Gasteiger partial charge in [0.05, 0.1) is 11.1 Å². The number of aromatic nitrogens is 4. The third-order valence-electron chi connectivity index (χ3n) is 6.92. The van der Waals surface area contributed by atoms with Crippen LogP contribution < -0.4 is 10.6 Å². The molecule has 0 bridgehead atoms. The van der Waals surface area contributed by atoms with Gasteiger partial charge in [-0.3, -0.25) is 14.6 Å². The van der Waals surface area contributed by atoms with Crippen LogP contribution in [0.3, 0.4) is 0 Å². The van der Waals surface area contributed by atoms with Crippen molar-refractivity contribution >= 4 is 40.9 Å². The van der Waals surface area contributed by atoms with E-state index in [1.165, 1.54) is 41.6 Å². The van der Waals surface area contributed by atoms with E-state index in [0.717, 1.165) is 23.3 Å². The minimum absolute atomic E-state index is 0.0767. The van der Waals surface area contributed by atoms with Gasteiger partial charge in [0.2, 0.25) is 6.79 Å². The Morgan fingerprint density at radius 2 is 1.81 bits per heavy atom.